The second-order valence-electron chi connectivity index (χ2n) is 7.88. The van der Waals surface area contributed by atoms with Crippen LogP contribution in [-0.4, -0.2) is 27.2 Å². The SMILES string of the molecule is C[C@@H]1CC[C@H]2[C@@H](C)[C@](C)(O)O[C@]23C[C@@](C)(O)CC[C@@H]13. The molecule has 2 N–H and O–H groups in total. The predicted molar refractivity (Wildman–Crippen MR) is 73.5 cm³/mol. The molecule has 1 heterocycles. The molecule has 3 rings (SSSR count). The van der Waals surface area contributed by atoms with Gasteiger partial charge >= 0.3 is 0 Å². The molecule has 0 unspecified atom stereocenters. The molecule has 1 spiro atoms. The molecule has 3 heteroatoms. The summed E-state index contributed by atoms with van der Waals surface area (Å²) >= 11 is 0. The third-order valence-corrected chi connectivity index (χ3v) is 6.37. The summed E-state index contributed by atoms with van der Waals surface area (Å²) in [5, 5.41) is 21.1. The standard InChI is InChI=1S/C16H28O3/c1-10-5-6-13-11(2)15(4,18)19-16(13)9-14(3,17)8-7-12(10)16/h10-13,17-18H,5-9H2,1-4H3/t10-,11-,12+,13+,14+,15-,16+/m1/s1. The summed E-state index contributed by atoms with van der Waals surface area (Å²) in [5.74, 6) is 0.614. The summed E-state index contributed by atoms with van der Waals surface area (Å²) < 4.78 is 6.26. The predicted octanol–water partition coefficient (Wildman–Crippen LogP) is 2.70. The number of aliphatic hydroxyl groups is 2. The molecule has 3 fully saturated rings. The molecule has 0 aromatic rings. The van der Waals surface area contributed by atoms with E-state index in [0.29, 0.717) is 24.2 Å². The van der Waals surface area contributed by atoms with Gasteiger partial charge in [-0.2, -0.15) is 0 Å². The smallest absolute Gasteiger partial charge is 0.166 e. The molecule has 0 aromatic carbocycles. The van der Waals surface area contributed by atoms with Gasteiger partial charge in [0.2, 0.25) is 0 Å². The van der Waals surface area contributed by atoms with Crippen LogP contribution < -0.4 is 0 Å². The lowest BCUT2D eigenvalue weighted by atomic mass is 9.54. The Hall–Kier alpha value is -0.120. The van der Waals surface area contributed by atoms with E-state index in [4.69, 9.17) is 4.74 Å². The van der Waals surface area contributed by atoms with Crippen LogP contribution in [0.15, 0.2) is 0 Å². The summed E-state index contributed by atoms with van der Waals surface area (Å²) in [4.78, 5) is 0. The van der Waals surface area contributed by atoms with Crippen molar-refractivity contribution in [3.8, 4) is 0 Å². The molecule has 3 aliphatic rings. The molecule has 0 bridgehead atoms. The van der Waals surface area contributed by atoms with E-state index < -0.39 is 11.4 Å². The van der Waals surface area contributed by atoms with E-state index in [0.717, 1.165) is 19.3 Å². The average molecular weight is 268 g/mol. The van der Waals surface area contributed by atoms with Crippen molar-refractivity contribution in [2.45, 2.75) is 76.8 Å². The molecule has 110 valence electrons. The summed E-state index contributed by atoms with van der Waals surface area (Å²) in [5.41, 5.74) is -0.950. The van der Waals surface area contributed by atoms with Gasteiger partial charge in [0, 0.05) is 12.3 Å². The van der Waals surface area contributed by atoms with Crippen molar-refractivity contribution in [3.63, 3.8) is 0 Å². The molecular weight excluding hydrogens is 240 g/mol. The number of ether oxygens (including phenoxy) is 1. The van der Waals surface area contributed by atoms with Crippen LogP contribution in [0.2, 0.25) is 0 Å². The van der Waals surface area contributed by atoms with Gasteiger partial charge in [0.05, 0.1) is 11.2 Å². The van der Waals surface area contributed by atoms with Crippen LogP contribution in [0.25, 0.3) is 0 Å². The second-order valence-corrected chi connectivity index (χ2v) is 7.88. The molecule has 3 nitrogen and oxygen atoms in total. The van der Waals surface area contributed by atoms with Crippen molar-refractivity contribution in [1.82, 2.24) is 0 Å². The molecule has 1 aliphatic heterocycles. The van der Waals surface area contributed by atoms with Crippen LogP contribution in [-0.2, 0) is 4.74 Å². The fourth-order valence-corrected chi connectivity index (χ4v) is 5.30. The van der Waals surface area contributed by atoms with Crippen molar-refractivity contribution in [3.05, 3.63) is 0 Å². The maximum absolute atomic E-state index is 10.6. The Labute approximate surface area is 116 Å². The zero-order chi connectivity index (χ0) is 14.1. The fraction of sp³-hybridized carbons (Fsp3) is 1.00. The number of rotatable bonds is 0. The minimum atomic E-state index is -1.04. The van der Waals surface area contributed by atoms with Gasteiger partial charge in [-0.3, -0.25) is 0 Å². The molecule has 2 saturated carbocycles. The van der Waals surface area contributed by atoms with Gasteiger partial charge in [-0.25, -0.2) is 0 Å². The Balaban J connectivity index is 2.02. The van der Waals surface area contributed by atoms with Gasteiger partial charge in [-0.1, -0.05) is 13.8 Å². The summed E-state index contributed by atoms with van der Waals surface area (Å²) in [7, 11) is 0. The van der Waals surface area contributed by atoms with Crippen LogP contribution in [0.1, 0.15) is 59.8 Å². The van der Waals surface area contributed by atoms with Gasteiger partial charge in [0.1, 0.15) is 0 Å². The largest absolute Gasteiger partial charge is 0.390 e. The maximum Gasteiger partial charge on any atom is 0.166 e. The first-order valence-electron chi connectivity index (χ1n) is 7.83. The van der Waals surface area contributed by atoms with E-state index in [9.17, 15) is 10.2 Å². The monoisotopic (exact) mass is 268 g/mol. The van der Waals surface area contributed by atoms with Crippen LogP contribution in [0.4, 0.5) is 0 Å². The highest BCUT2D eigenvalue weighted by Crippen LogP contribution is 2.62. The van der Waals surface area contributed by atoms with Crippen molar-refractivity contribution >= 4 is 0 Å². The van der Waals surface area contributed by atoms with Crippen LogP contribution in [0.5, 0.6) is 0 Å². The zero-order valence-corrected chi connectivity index (χ0v) is 12.6. The molecule has 1 saturated heterocycles. The van der Waals surface area contributed by atoms with E-state index >= 15 is 0 Å². The molecule has 19 heavy (non-hydrogen) atoms. The Morgan fingerprint density at radius 2 is 1.68 bits per heavy atom. The van der Waals surface area contributed by atoms with Crippen molar-refractivity contribution in [2.24, 2.45) is 23.7 Å². The van der Waals surface area contributed by atoms with Crippen LogP contribution >= 0.6 is 0 Å². The third-order valence-electron chi connectivity index (χ3n) is 6.37. The van der Waals surface area contributed by atoms with Crippen molar-refractivity contribution in [1.29, 1.82) is 0 Å². The van der Waals surface area contributed by atoms with Crippen molar-refractivity contribution < 1.29 is 14.9 Å². The third kappa shape index (κ3) is 1.89. The fourth-order valence-electron chi connectivity index (χ4n) is 5.30. The van der Waals surface area contributed by atoms with E-state index in [1.165, 1.54) is 6.42 Å². The first-order chi connectivity index (χ1) is 8.68. The first-order valence-corrected chi connectivity index (χ1v) is 7.83. The highest BCUT2D eigenvalue weighted by atomic mass is 16.6. The quantitative estimate of drug-likeness (QED) is 0.710. The Morgan fingerprint density at radius 1 is 1.00 bits per heavy atom. The highest BCUT2D eigenvalue weighted by Gasteiger charge is 2.66. The molecule has 7 atom stereocenters. The van der Waals surface area contributed by atoms with Crippen molar-refractivity contribution in [2.75, 3.05) is 0 Å². The van der Waals surface area contributed by atoms with E-state index in [-0.39, 0.29) is 11.5 Å². The first kappa shape index (κ1) is 13.8. The van der Waals surface area contributed by atoms with Gasteiger partial charge in [0.25, 0.3) is 0 Å². The minimum absolute atomic E-state index is 0.149. The highest BCUT2D eigenvalue weighted by molar-refractivity contribution is 5.12. The number of hydrogen-bond acceptors (Lipinski definition) is 3. The molecule has 0 radical (unpaired) electrons. The lowest BCUT2D eigenvalue weighted by Gasteiger charge is -2.55. The summed E-state index contributed by atoms with van der Waals surface area (Å²) in [6.45, 7) is 8.14. The Morgan fingerprint density at radius 3 is 2.37 bits per heavy atom. The average Bonchev–Trinajstić information content (AvgIpc) is 2.43. The minimum Gasteiger partial charge on any atom is -0.390 e. The molecule has 0 amide bonds. The van der Waals surface area contributed by atoms with Gasteiger partial charge in [-0.15, -0.1) is 0 Å². The normalized spacial score (nSPS) is 61.6. The summed E-state index contributed by atoms with van der Waals surface area (Å²) in [6.07, 6.45) is 4.90. The zero-order valence-electron chi connectivity index (χ0n) is 12.6. The second kappa shape index (κ2) is 3.96. The Kier molecular flexibility index (Phi) is 2.88. The molecular formula is C16H28O3. The van der Waals surface area contributed by atoms with Gasteiger partial charge < -0.3 is 14.9 Å². The molecule has 0 aromatic heterocycles. The maximum atomic E-state index is 10.6. The van der Waals surface area contributed by atoms with E-state index in [1.54, 1.807) is 6.92 Å². The molecule has 2 aliphatic carbocycles. The lowest BCUT2D eigenvalue weighted by molar-refractivity contribution is -0.268. The topological polar surface area (TPSA) is 49.7 Å². The van der Waals surface area contributed by atoms with Gasteiger partial charge in [0.15, 0.2) is 5.79 Å². The van der Waals surface area contributed by atoms with E-state index in [2.05, 4.69) is 13.8 Å². The summed E-state index contributed by atoms with van der Waals surface area (Å²) in [6, 6.07) is 0. The van der Waals surface area contributed by atoms with Crippen LogP contribution in [0.3, 0.4) is 0 Å². The lowest BCUT2D eigenvalue weighted by Crippen LogP contribution is -2.57. The van der Waals surface area contributed by atoms with Crippen LogP contribution in [0, 0.1) is 23.7 Å². The Bertz CT molecular complexity index is 372. The van der Waals surface area contributed by atoms with Gasteiger partial charge in [-0.05, 0) is 57.3 Å². The van der Waals surface area contributed by atoms with E-state index in [1.807, 2.05) is 6.92 Å². The number of hydrogen-bond donors (Lipinski definition) is 2.